The second-order valence-corrected chi connectivity index (χ2v) is 9.16. The molecule has 2 aromatic carbocycles. The van der Waals surface area contributed by atoms with Crippen LogP contribution < -0.4 is 4.74 Å². The highest BCUT2D eigenvalue weighted by molar-refractivity contribution is 7.99. The summed E-state index contributed by atoms with van der Waals surface area (Å²) in [6, 6.07) is 13.3. The van der Waals surface area contributed by atoms with Gasteiger partial charge in [0.05, 0.1) is 17.6 Å². The second-order valence-electron chi connectivity index (χ2n) is 7.66. The van der Waals surface area contributed by atoms with Crippen LogP contribution in [-0.2, 0) is 16.1 Å². The summed E-state index contributed by atoms with van der Waals surface area (Å²) in [6.07, 6.45) is 0. The van der Waals surface area contributed by atoms with E-state index in [4.69, 9.17) is 26.1 Å². The third-order valence-electron chi connectivity index (χ3n) is 4.05. The highest BCUT2D eigenvalue weighted by Crippen LogP contribution is 2.27. The number of hydrogen-bond donors (Lipinski definition) is 0. The largest absolute Gasteiger partial charge is 0.493 e. The fourth-order valence-electron chi connectivity index (χ4n) is 2.85. The number of carbonyl (C=O) groups excluding carboxylic acids is 1. The van der Waals surface area contributed by atoms with Gasteiger partial charge in [-0.05, 0) is 63.6 Å². The van der Waals surface area contributed by atoms with E-state index in [1.54, 1.807) is 23.9 Å². The molecule has 7 heteroatoms. The lowest BCUT2D eigenvalue weighted by Crippen LogP contribution is -2.26. The van der Waals surface area contributed by atoms with Crippen LogP contribution >= 0.6 is 23.4 Å². The normalized spacial score (nSPS) is 11.6. The van der Waals surface area contributed by atoms with E-state index in [0.29, 0.717) is 17.4 Å². The van der Waals surface area contributed by atoms with Crippen LogP contribution in [0.2, 0.25) is 5.02 Å². The summed E-state index contributed by atoms with van der Waals surface area (Å²) in [7, 11) is 0. The molecule has 0 radical (unpaired) electrons. The number of fused-ring (bicyclic) bond motifs is 1. The molecule has 0 aliphatic carbocycles. The first-order valence-electron chi connectivity index (χ1n) is 9.42. The van der Waals surface area contributed by atoms with Crippen LogP contribution in [0.3, 0.4) is 0 Å². The van der Waals surface area contributed by atoms with E-state index in [1.807, 2.05) is 62.6 Å². The lowest BCUT2D eigenvalue weighted by Gasteiger charge is -2.20. The number of hydrogen-bond acceptors (Lipinski definition) is 5. The molecule has 0 spiro atoms. The van der Waals surface area contributed by atoms with Crippen LogP contribution in [0.25, 0.3) is 11.0 Å². The van der Waals surface area contributed by atoms with Crippen molar-refractivity contribution in [3.63, 3.8) is 0 Å². The molecule has 0 aliphatic rings. The highest BCUT2D eigenvalue weighted by Gasteiger charge is 2.20. The van der Waals surface area contributed by atoms with Gasteiger partial charge in [-0.25, -0.2) is 4.98 Å². The third kappa shape index (κ3) is 5.90. The summed E-state index contributed by atoms with van der Waals surface area (Å²) >= 11 is 7.45. The number of aromatic nitrogens is 2. The molecule has 0 unspecified atom stereocenters. The van der Waals surface area contributed by atoms with Crippen molar-refractivity contribution in [2.24, 2.45) is 0 Å². The Kier molecular flexibility index (Phi) is 6.75. The second kappa shape index (κ2) is 9.09. The molecule has 0 saturated carbocycles. The van der Waals surface area contributed by atoms with Gasteiger partial charge in [0.25, 0.3) is 0 Å². The van der Waals surface area contributed by atoms with E-state index in [0.717, 1.165) is 27.5 Å². The van der Waals surface area contributed by atoms with Crippen LogP contribution in [0.1, 0.15) is 26.3 Å². The average molecular weight is 433 g/mol. The number of thioether (sulfide) groups is 1. The number of nitrogens with zero attached hydrogens (tertiary/aromatic N) is 2. The SMILES string of the molecule is Cc1cccc2c1nc(SCCOc1ccc(Cl)cc1)n2CC(=O)OC(C)(C)C. The first-order valence-corrected chi connectivity index (χ1v) is 10.8. The molecule has 1 aromatic heterocycles. The Hall–Kier alpha value is -2.18. The zero-order valence-electron chi connectivity index (χ0n) is 17.1. The minimum Gasteiger partial charge on any atom is -0.493 e. The van der Waals surface area contributed by atoms with Gasteiger partial charge in [0.15, 0.2) is 5.16 Å². The molecule has 3 aromatic rings. The van der Waals surface area contributed by atoms with Gasteiger partial charge in [-0.1, -0.05) is 35.5 Å². The maximum absolute atomic E-state index is 12.4. The first-order chi connectivity index (χ1) is 13.7. The molecule has 3 rings (SSSR count). The monoisotopic (exact) mass is 432 g/mol. The lowest BCUT2D eigenvalue weighted by atomic mass is 10.2. The van der Waals surface area contributed by atoms with Gasteiger partial charge >= 0.3 is 5.97 Å². The van der Waals surface area contributed by atoms with Crippen LogP contribution in [0.5, 0.6) is 5.75 Å². The topological polar surface area (TPSA) is 53.4 Å². The van der Waals surface area contributed by atoms with E-state index in [2.05, 4.69) is 0 Å². The number of para-hydroxylation sites is 1. The molecular formula is C22H25ClN2O3S. The van der Waals surface area contributed by atoms with Crippen LogP contribution in [0, 0.1) is 6.92 Å². The molecule has 0 bridgehead atoms. The number of benzene rings is 2. The van der Waals surface area contributed by atoms with Crippen molar-refractivity contribution in [1.29, 1.82) is 0 Å². The molecule has 0 N–H and O–H groups in total. The van der Waals surface area contributed by atoms with Gasteiger partial charge in [-0.15, -0.1) is 0 Å². The number of imidazole rings is 1. The third-order valence-corrected chi connectivity index (χ3v) is 5.24. The summed E-state index contributed by atoms with van der Waals surface area (Å²) in [5.41, 5.74) is 2.38. The molecule has 154 valence electrons. The summed E-state index contributed by atoms with van der Waals surface area (Å²) < 4.78 is 13.2. The van der Waals surface area contributed by atoms with E-state index < -0.39 is 5.60 Å². The van der Waals surface area contributed by atoms with Crippen molar-refractivity contribution in [3.05, 3.63) is 53.1 Å². The first kappa shape index (κ1) is 21.5. The fourth-order valence-corrected chi connectivity index (χ4v) is 3.80. The Balaban J connectivity index is 1.72. The lowest BCUT2D eigenvalue weighted by molar-refractivity contribution is -0.155. The number of halogens is 1. The molecular weight excluding hydrogens is 408 g/mol. The average Bonchev–Trinajstić information content (AvgIpc) is 2.98. The zero-order chi connectivity index (χ0) is 21.0. The summed E-state index contributed by atoms with van der Waals surface area (Å²) in [5, 5.41) is 1.46. The Bertz CT molecular complexity index is 994. The van der Waals surface area contributed by atoms with E-state index in [-0.39, 0.29) is 12.5 Å². The Morgan fingerprint density at radius 1 is 1.17 bits per heavy atom. The van der Waals surface area contributed by atoms with Crippen molar-refractivity contribution >= 4 is 40.4 Å². The molecule has 0 saturated heterocycles. The van der Waals surface area contributed by atoms with Gasteiger partial charge in [0.2, 0.25) is 0 Å². The number of rotatable bonds is 7. The standard InChI is InChI=1S/C22H25ClN2O3S/c1-15-6-5-7-18-20(15)24-21(25(18)14-19(26)28-22(2,3)4)29-13-12-27-17-10-8-16(23)9-11-17/h5-11H,12-14H2,1-4H3. The predicted octanol–water partition coefficient (Wildman–Crippen LogP) is 5.51. The van der Waals surface area contributed by atoms with Crippen molar-refractivity contribution in [1.82, 2.24) is 9.55 Å². The quantitative estimate of drug-likeness (QED) is 0.280. The van der Waals surface area contributed by atoms with Gasteiger partial charge in [0.1, 0.15) is 17.9 Å². The molecule has 0 atom stereocenters. The Morgan fingerprint density at radius 2 is 1.90 bits per heavy atom. The minimum atomic E-state index is -0.525. The molecule has 1 heterocycles. The van der Waals surface area contributed by atoms with Crippen LogP contribution in [0.15, 0.2) is 47.6 Å². The summed E-state index contributed by atoms with van der Waals surface area (Å²) in [6.45, 7) is 8.25. The van der Waals surface area contributed by atoms with Crippen molar-refractivity contribution in [3.8, 4) is 5.75 Å². The van der Waals surface area contributed by atoms with Gasteiger partial charge < -0.3 is 14.0 Å². The summed E-state index contributed by atoms with van der Waals surface area (Å²) in [4.78, 5) is 17.2. The zero-order valence-corrected chi connectivity index (χ0v) is 18.6. The van der Waals surface area contributed by atoms with Crippen molar-refractivity contribution < 1.29 is 14.3 Å². The summed E-state index contributed by atoms with van der Waals surface area (Å²) in [5.74, 6) is 1.19. The number of ether oxygens (including phenoxy) is 2. The molecule has 5 nitrogen and oxygen atoms in total. The number of aryl methyl sites for hydroxylation is 1. The highest BCUT2D eigenvalue weighted by atomic mass is 35.5. The van der Waals surface area contributed by atoms with E-state index >= 15 is 0 Å². The minimum absolute atomic E-state index is 0.123. The number of carbonyl (C=O) groups is 1. The van der Waals surface area contributed by atoms with Crippen molar-refractivity contribution in [2.75, 3.05) is 12.4 Å². The Morgan fingerprint density at radius 3 is 2.59 bits per heavy atom. The predicted molar refractivity (Wildman–Crippen MR) is 118 cm³/mol. The smallest absolute Gasteiger partial charge is 0.326 e. The van der Waals surface area contributed by atoms with E-state index in [9.17, 15) is 4.79 Å². The van der Waals surface area contributed by atoms with Gasteiger partial charge in [0, 0.05) is 10.8 Å². The fraction of sp³-hybridized carbons (Fsp3) is 0.364. The van der Waals surface area contributed by atoms with Crippen LogP contribution in [-0.4, -0.2) is 33.5 Å². The maximum Gasteiger partial charge on any atom is 0.326 e. The maximum atomic E-state index is 12.4. The van der Waals surface area contributed by atoms with Gasteiger partial charge in [-0.3, -0.25) is 4.79 Å². The Labute approximate surface area is 180 Å². The van der Waals surface area contributed by atoms with E-state index in [1.165, 1.54) is 0 Å². The van der Waals surface area contributed by atoms with Crippen molar-refractivity contribution in [2.45, 2.75) is 45.0 Å². The molecule has 29 heavy (non-hydrogen) atoms. The molecule has 0 fully saturated rings. The number of esters is 1. The van der Waals surface area contributed by atoms with Gasteiger partial charge in [-0.2, -0.15) is 0 Å². The molecule has 0 aliphatic heterocycles. The molecule has 0 amide bonds. The van der Waals surface area contributed by atoms with Crippen LogP contribution in [0.4, 0.5) is 0 Å².